The maximum absolute atomic E-state index is 13.1. The molecule has 146 valence electrons. The van der Waals surface area contributed by atoms with Crippen LogP contribution in [0.15, 0.2) is 53.0 Å². The number of halogens is 1. The van der Waals surface area contributed by atoms with E-state index < -0.39 is 0 Å². The Labute approximate surface area is 173 Å². The number of likely N-dealkylation sites (tertiary alicyclic amines) is 1. The summed E-state index contributed by atoms with van der Waals surface area (Å²) in [6.45, 7) is 2.48. The van der Waals surface area contributed by atoms with E-state index in [9.17, 15) is 9.59 Å². The van der Waals surface area contributed by atoms with Crippen molar-refractivity contribution in [2.24, 2.45) is 0 Å². The van der Waals surface area contributed by atoms with E-state index in [0.717, 1.165) is 36.1 Å². The highest BCUT2D eigenvalue weighted by atomic mass is 79.9. The molecule has 2 aliphatic rings. The first-order chi connectivity index (χ1) is 13.6. The number of rotatable bonds is 4. The van der Waals surface area contributed by atoms with Crippen molar-refractivity contribution in [3.63, 3.8) is 0 Å². The summed E-state index contributed by atoms with van der Waals surface area (Å²) in [5.41, 5.74) is 3.17. The zero-order chi connectivity index (χ0) is 19.5. The fraction of sp³-hybridized carbons (Fsp3) is 0.364. The molecule has 0 radical (unpaired) electrons. The van der Waals surface area contributed by atoms with Gasteiger partial charge in [0.25, 0.3) is 0 Å². The van der Waals surface area contributed by atoms with E-state index in [2.05, 4.69) is 33.4 Å². The van der Waals surface area contributed by atoms with Crippen molar-refractivity contribution in [1.29, 1.82) is 0 Å². The molecule has 6 heteroatoms. The van der Waals surface area contributed by atoms with Gasteiger partial charge in [0, 0.05) is 29.8 Å². The summed E-state index contributed by atoms with van der Waals surface area (Å²) in [7, 11) is 0. The molecule has 2 aromatic rings. The zero-order valence-corrected chi connectivity index (χ0v) is 17.3. The van der Waals surface area contributed by atoms with Gasteiger partial charge in [0.05, 0.1) is 12.6 Å². The van der Waals surface area contributed by atoms with Crippen molar-refractivity contribution in [3.05, 3.63) is 64.1 Å². The van der Waals surface area contributed by atoms with Crippen molar-refractivity contribution in [3.8, 4) is 0 Å². The van der Waals surface area contributed by atoms with Gasteiger partial charge in [-0.3, -0.25) is 14.5 Å². The fourth-order valence-electron chi connectivity index (χ4n) is 4.05. The zero-order valence-electron chi connectivity index (χ0n) is 15.7. The van der Waals surface area contributed by atoms with Crippen LogP contribution in [0, 0.1) is 0 Å². The van der Waals surface area contributed by atoms with Crippen LogP contribution in [0.5, 0.6) is 0 Å². The lowest BCUT2D eigenvalue weighted by Crippen LogP contribution is -2.52. The molecule has 1 N–H and O–H groups in total. The van der Waals surface area contributed by atoms with Crippen LogP contribution in [0.1, 0.15) is 24.0 Å². The largest absolute Gasteiger partial charge is 0.341 e. The molecule has 0 bridgehead atoms. The highest BCUT2D eigenvalue weighted by Crippen LogP contribution is 2.25. The number of fused-ring (bicyclic) bond motifs is 1. The standard InChI is InChI=1S/C22H24BrN3O2/c23-18-7-9-19(10-8-18)24-21(27)15-26-14-17-6-2-1-5-16(17)13-20(26)22(28)25-11-3-4-12-25/h1-2,5-10,20H,3-4,11-15H2,(H,24,27). The molecular weight excluding hydrogens is 418 g/mol. The summed E-state index contributed by atoms with van der Waals surface area (Å²) >= 11 is 3.40. The number of nitrogens with one attached hydrogen (secondary N) is 1. The number of hydrogen-bond donors (Lipinski definition) is 1. The maximum Gasteiger partial charge on any atom is 0.240 e. The Morgan fingerprint density at radius 2 is 1.68 bits per heavy atom. The summed E-state index contributed by atoms with van der Waals surface area (Å²) < 4.78 is 0.967. The number of carbonyl (C=O) groups is 2. The van der Waals surface area contributed by atoms with Gasteiger partial charge in [-0.2, -0.15) is 0 Å². The summed E-state index contributed by atoms with van der Waals surface area (Å²) in [6.07, 6.45) is 2.80. The summed E-state index contributed by atoms with van der Waals surface area (Å²) in [6, 6.07) is 15.5. The lowest BCUT2D eigenvalue weighted by Gasteiger charge is -2.37. The van der Waals surface area contributed by atoms with Gasteiger partial charge in [-0.1, -0.05) is 40.2 Å². The number of anilines is 1. The second-order valence-electron chi connectivity index (χ2n) is 7.48. The first-order valence-electron chi connectivity index (χ1n) is 9.75. The van der Waals surface area contributed by atoms with Gasteiger partial charge in [-0.05, 0) is 54.7 Å². The van der Waals surface area contributed by atoms with Crippen LogP contribution in [-0.4, -0.2) is 47.3 Å². The molecule has 28 heavy (non-hydrogen) atoms. The molecule has 1 unspecified atom stereocenters. The minimum Gasteiger partial charge on any atom is -0.341 e. The summed E-state index contributed by atoms with van der Waals surface area (Å²) in [5, 5.41) is 2.94. The SMILES string of the molecule is O=C(CN1Cc2ccccc2CC1C(=O)N1CCCC1)Nc1ccc(Br)cc1. The Balaban J connectivity index is 1.50. The average molecular weight is 442 g/mol. The van der Waals surface area contributed by atoms with Crippen LogP contribution in [0.3, 0.4) is 0 Å². The molecule has 0 spiro atoms. The van der Waals surface area contributed by atoms with Crippen LogP contribution in [0.2, 0.25) is 0 Å². The predicted molar refractivity (Wildman–Crippen MR) is 113 cm³/mol. The Morgan fingerprint density at radius 3 is 2.39 bits per heavy atom. The smallest absolute Gasteiger partial charge is 0.240 e. The lowest BCUT2D eigenvalue weighted by molar-refractivity contribution is -0.137. The van der Waals surface area contributed by atoms with E-state index in [4.69, 9.17) is 0 Å². The molecule has 0 aromatic heterocycles. The van der Waals surface area contributed by atoms with Crippen molar-refractivity contribution in [2.75, 3.05) is 25.0 Å². The van der Waals surface area contributed by atoms with Gasteiger partial charge in [0.1, 0.15) is 0 Å². The normalized spacial score (nSPS) is 19.3. The van der Waals surface area contributed by atoms with Gasteiger partial charge in [0.2, 0.25) is 11.8 Å². The van der Waals surface area contributed by atoms with E-state index in [-0.39, 0.29) is 24.4 Å². The molecule has 1 atom stereocenters. The Kier molecular flexibility index (Phi) is 5.78. The lowest BCUT2D eigenvalue weighted by atomic mass is 9.93. The first kappa shape index (κ1) is 19.2. The van der Waals surface area contributed by atoms with Crippen LogP contribution >= 0.6 is 15.9 Å². The molecule has 1 fully saturated rings. The number of nitrogens with zero attached hydrogens (tertiary/aromatic N) is 2. The minimum atomic E-state index is -0.274. The number of amides is 2. The van der Waals surface area contributed by atoms with Crippen LogP contribution < -0.4 is 5.32 Å². The van der Waals surface area contributed by atoms with Gasteiger partial charge in [0.15, 0.2) is 0 Å². The minimum absolute atomic E-state index is 0.0964. The Bertz CT molecular complexity index is 862. The summed E-state index contributed by atoms with van der Waals surface area (Å²) in [4.78, 5) is 29.8. The molecule has 4 rings (SSSR count). The molecule has 0 saturated carbocycles. The fourth-order valence-corrected chi connectivity index (χ4v) is 4.32. The molecule has 1 saturated heterocycles. The van der Waals surface area contributed by atoms with Crippen molar-refractivity contribution < 1.29 is 9.59 Å². The van der Waals surface area contributed by atoms with Crippen LogP contribution in [0.25, 0.3) is 0 Å². The highest BCUT2D eigenvalue weighted by Gasteiger charge is 2.35. The number of benzene rings is 2. The quantitative estimate of drug-likeness (QED) is 0.790. The van der Waals surface area contributed by atoms with Crippen LogP contribution in [-0.2, 0) is 22.6 Å². The van der Waals surface area contributed by atoms with Crippen LogP contribution in [0.4, 0.5) is 5.69 Å². The third kappa shape index (κ3) is 4.28. The van der Waals surface area contributed by atoms with Crippen molar-refractivity contribution in [1.82, 2.24) is 9.80 Å². The van der Waals surface area contributed by atoms with E-state index in [1.165, 1.54) is 11.1 Å². The third-order valence-corrected chi connectivity index (χ3v) is 6.05. The number of carbonyl (C=O) groups excluding carboxylic acids is 2. The number of hydrogen-bond acceptors (Lipinski definition) is 3. The molecule has 2 heterocycles. The highest BCUT2D eigenvalue weighted by molar-refractivity contribution is 9.10. The maximum atomic E-state index is 13.1. The summed E-state index contributed by atoms with van der Waals surface area (Å²) in [5.74, 6) is 0.0596. The molecule has 2 amide bonds. The molecule has 5 nitrogen and oxygen atoms in total. The monoisotopic (exact) mass is 441 g/mol. The van der Waals surface area contributed by atoms with Crippen molar-refractivity contribution in [2.45, 2.75) is 31.8 Å². The molecule has 2 aromatic carbocycles. The molecular formula is C22H24BrN3O2. The second kappa shape index (κ2) is 8.45. The predicted octanol–water partition coefficient (Wildman–Crippen LogP) is 3.44. The third-order valence-electron chi connectivity index (χ3n) is 5.52. The molecule has 0 aliphatic carbocycles. The van der Waals surface area contributed by atoms with Crippen molar-refractivity contribution >= 4 is 33.4 Å². The van der Waals surface area contributed by atoms with E-state index in [1.54, 1.807) is 0 Å². The van der Waals surface area contributed by atoms with Gasteiger partial charge >= 0.3 is 0 Å². The molecule has 2 aliphatic heterocycles. The van der Waals surface area contributed by atoms with Gasteiger partial charge < -0.3 is 10.2 Å². The Morgan fingerprint density at radius 1 is 1.00 bits per heavy atom. The van der Waals surface area contributed by atoms with Gasteiger partial charge in [-0.25, -0.2) is 0 Å². The average Bonchev–Trinajstić information content (AvgIpc) is 3.23. The first-order valence-corrected chi connectivity index (χ1v) is 10.5. The Hall–Kier alpha value is -2.18. The second-order valence-corrected chi connectivity index (χ2v) is 8.40. The topological polar surface area (TPSA) is 52.7 Å². The van der Waals surface area contributed by atoms with E-state index >= 15 is 0 Å². The van der Waals surface area contributed by atoms with E-state index in [0.29, 0.717) is 13.0 Å². The van der Waals surface area contributed by atoms with E-state index in [1.807, 2.05) is 46.2 Å². The van der Waals surface area contributed by atoms with Gasteiger partial charge in [-0.15, -0.1) is 0 Å².